The van der Waals surface area contributed by atoms with Crippen LogP contribution in [0.25, 0.3) is 0 Å². The molecule has 1 aliphatic rings. The molecule has 0 aromatic heterocycles. The van der Waals surface area contributed by atoms with Crippen molar-refractivity contribution in [2.24, 2.45) is 17.8 Å². The first-order valence-electron chi connectivity index (χ1n) is 9.47. The molecule has 5 nitrogen and oxygen atoms in total. The van der Waals surface area contributed by atoms with Crippen LogP contribution in [0.3, 0.4) is 0 Å². The molecule has 1 fully saturated rings. The Bertz CT molecular complexity index is 670. The summed E-state index contributed by atoms with van der Waals surface area (Å²) >= 11 is 0. The molecule has 1 saturated carbocycles. The van der Waals surface area contributed by atoms with E-state index in [4.69, 9.17) is 4.74 Å². The van der Waals surface area contributed by atoms with Gasteiger partial charge in [-0.05, 0) is 50.7 Å². The number of benzene rings is 1. The Balaban J connectivity index is 2.27. The number of anilines is 1. The Kier molecular flexibility index (Phi) is 6.95. The highest BCUT2D eigenvalue weighted by atomic mass is 16.5. The van der Waals surface area contributed by atoms with E-state index < -0.39 is 23.5 Å². The Hall–Kier alpha value is -2.17. The molecule has 1 N–H and O–H groups in total. The number of hydrogen-bond acceptors (Lipinski definition) is 5. The second kappa shape index (κ2) is 8.97. The van der Waals surface area contributed by atoms with E-state index in [0.29, 0.717) is 29.1 Å². The number of Topliss-reactive ketones (excluding diaryl/α,β-unsaturated/α-hetero) is 2. The fourth-order valence-corrected chi connectivity index (χ4v) is 3.48. The van der Waals surface area contributed by atoms with Crippen molar-refractivity contribution in [1.82, 2.24) is 0 Å². The van der Waals surface area contributed by atoms with Crippen LogP contribution in [0, 0.1) is 17.8 Å². The van der Waals surface area contributed by atoms with E-state index in [9.17, 15) is 14.4 Å². The molecule has 1 aromatic carbocycles. The van der Waals surface area contributed by atoms with Gasteiger partial charge in [0.05, 0.1) is 6.61 Å². The highest BCUT2D eigenvalue weighted by molar-refractivity contribution is 6.23. The molecule has 0 saturated heterocycles. The van der Waals surface area contributed by atoms with Gasteiger partial charge in [0.25, 0.3) is 0 Å². The molecule has 0 heterocycles. The van der Waals surface area contributed by atoms with Gasteiger partial charge in [0.15, 0.2) is 17.5 Å². The SMILES string of the molecule is CCCC(Nc1ccccc1C(=O)C(C(C)=O)C(=O)OCC)C1CC1C. The summed E-state index contributed by atoms with van der Waals surface area (Å²) in [4.78, 5) is 37.0. The zero-order chi connectivity index (χ0) is 19.3. The summed E-state index contributed by atoms with van der Waals surface area (Å²) < 4.78 is 4.93. The number of hydrogen-bond donors (Lipinski definition) is 1. The molecule has 0 aliphatic heterocycles. The Morgan fingerprint density at radius 2 is 1.88 bits per heavy atom. The van der Waals surface area contributed by atoms with Gasteiger partial charge in [0.1, 0.15) is 0 Å². The molecule has 0 radical (unpaired) electrons. The molecule has 26 heavy (non-hydrogen) atoms. The van der Waals surface area contributed by atoms with Gasteiger partial charge in [0.2, 0.25) is 0 Å². The Labute approximate surface area is 155 Å². The smallest absolute Gasteiger partial charge is 0.324 e. The minimum atomic E-state index is -1.40. The monoisotopic (exact) mass is 359 g/mol. The third kappa shape index (κ3) is 4.71. The minimum absolute atomic E-state index is 0.133. The molecule has 0 bridgehead atoms. The van der Waals surface area contributed by atoms with Crippen LogP contribution >= 0.6 is 0 Å². The summed E-state index contributed by atoms with van der Waals surface area (Å²) in [7, 11) is 0. The fourth-order valence-electron chi connectivity index (χ4n) is 3.48. The van der Waals surface area contributed by atoms with Crippen LogP contribution < -0.4 is 5.32 Å². The average Bonchev–Trinajstić information content (AvgIpc) is 3.31. The lowest BCUT2D eigenvalue weighted by Crippen LogP contribution is -2.33. The summed E-state index contributed by atoms with van der Waals surface area (Å²) in [5.41, 5.74) is 1.06. The van der Waals surface area contributed by atoms with Crippen molar-refractivity contribution in [2.45, 2.75) is 53.0 Å². The lowest BCUT2D eigenvalue weighted by molar-refractivity contribution is -0.148. The molecule has 0 spiro atoms. The van der Waals surface area contributed by atoms with E-state index in [1.54, 1.807) is 19.1 Å². The van der Waals surface area contributed by atoms with Gasteiger partial charge in [-0.1, -0.05) is 32.4 Å². The first kappa shape index (κ1) is 20.1. The summed E-state index contributed by atoms with van der Waals surface area (Å²) in [5, 5.41) is 3.50. The predicted molar refractivity (Wildman–Crippen MR) is 101 cm³/mol. The van der Waals surface area contributed by atoms with E-state index in [1.165, 1.54) is 13.3 Å². The number of nitrogens with one attached hydrogen (secondary N) is 1. The van der Waals surface area contributed by atoms with Gasteiger partial charge >= 0.3 is 5.97 Å². The summed E-state index contributed by atoms with van der Waals surface area (Å²) in [6.07, 6.45) is 3.26. The lowest BCUT2D eigenvalue weighted by atomic mass is 9.92. The number of rotatable bonds is 10. The average molecular weight is 359 g/mol. The van der Waals surface area contributed by atoms with Crippen molar-refractivity contribution in [3.8, 4) is 0 Å². The number of carbonyl (C=O) groups excluding carboxylic acids is 3. The molecule has 4 unspecified atom stereocenters. The largest absolute Gasteiger partial charge is 0.465 e. The molecule has 1 aliphatic carbocycles. The summed E-state index contributed by atoms with van der Waals surface area (Å²) in [5.74, 6) is -1.89. The molecular formula is C21H29NO4. The standard InChI is InChI=1S/C21H29NO4/c1-5-9-17(16-12-13(16)3)22-18-11-8-7-10-15(18)20(24)19(14(4)23)21(25)26-6-2/h7-8,10-11,13,16-17,19,22H,5-6,9,12H2,1-4H3. The van der Waals surface area contributed by atoms with Crippen molar-refractivity contribution in [3.63, 3.8) is 0 Å². The minimum Gasteiger partial charge on any atom is -0.465 e. The Morgan fingerprint density at radius 3 is 2.42 bits per heavy atom. The quantitative estimate of drug-likeness (QED) is 0.390. The zero-order valence-electron chi connectivity index (χ0n) is 16.1. The van der Waals surface area contributed by atoms with Crippen LogP contribution in [0.15, 0.2) is 24.3 Å². The maximum atomic E-state index is 13.0. The van der Waals surface area contributed by atoms with Crippen molar-refractivity contribution in [3.05, 3.63) is 29.8 Å². The molecule has 1 aromatic rings. The third-order valence-corrected chi connectivity index (χ3v) is 5.01. The zero-order valence-corrected chi connectivity index (χ0v) is 16.1. The number of ketones is 2. The highest BCUT2D eigenvalue weighted by Gasteiger charge is 2.40. The Morgan fingerprint density at radius 1 is 1.23 bits per heavy atom. The van der Waals surface area contributed by atoms with Crippen molar-refractivity contribution >= 4 is 23.2 Å². The summed E-state index contributed by atoms with van der Waals surface area (Å²) in [6, 6.07) is 7.40. The molecule has 0 amide bonds. The first-order chi connectivity index (χ1) is 12.4. The fraction of sp³-hybridized carbons (Fsp3) is 0.571. The first-order valence-corrected chi connectivity index (χ1v) is 9.47. The number of para-hydroxylation sites is 1. The van der Waals surface area contributed by atoms with E-state index >= 15 is 0 Å². The molecule has 5 heteroatoms. The van der Waals surface area contributed by atoms with Gasteiger partial charge in [-0.2, -0.15) is 0 Å². The maximum absolute atomic E-state index is 13.0. The molecule has 4 atom stereocenters. The van der Waals surface area contributed by atoms with Crippen molar-refractivity contribution < 1.29 is 19.1 Å². The topological polar surface area (TPSA) is 72.5 Å². The van der Waals surface area contributed by atoms with Gasteiger partial charge in [-0.25, -0.2) is 0 Å². The van der Waals surface area contributed by atoms with E-state index in [0.717, 1.165) is 12.8 Å². The van der Waals surface area contributed by atoms with Gasteiger partial charge in [0, 0.05) is 17.3 Å². The van der Waals surface area contributed by atoms with Crippen LogP contribution in [0.2, 0.25) is 0 Å². The molecule has 2 rings (SSSR count). The van der Waals surface area contributed by atoms with Crippen molar-refractivity contribution in [2.75, 3.05) is 11.9 Å². The number of esters is 1. The second-order valence-electron chi connectivity index (χ2n) is 7.12. The highest BCUT2D eigenvalue weighted by Crippen LogP contribution is 2.43. The second-order valence-corrected chi connectivity index (χ2v) is 7.12. The van der Waals surface area contributed by atoms with Crippen LogP contribution in [0.5, 0.6) is 0 Å². The third-order valence-electron chi connectivity index (χ3n) is 5.01. The molecular weight excluding hydrogens is 330 g/mol. The summed E-state index contributed by atoms with van der Waals surface area (Å²) in [6.45, 7) is 7.42. The van der Waals surface area contributed by atoms with E-state index in [1.807, 2.05) is 12.1 Å². The maximum Gasteiger partial charge on any atom is 0.324 e. The van der Waals surface area contributed by atoms with Crippen LogP contribution in [-0.2, 0) is 14.3 Å². The normalized spacial score (nSPS) is 20.8. The van der Waals surface area contributed by atoms with Crippen LogP contribution in [-0.4, -0.2) is 30.2 Å². The van der Waals surface area contributed by atoms with Crippen LogP contribution in [0.1, 0.15) is 57.3 Å². The lowest BCUT2D eigenvalue weighted by Gasteiger charge is -2.22. The number of carbonyl (C=O) groups is 3. The van der Waals surface area contributed by atoms with E-state index in [-0.39, 0.29) is 6.61 Å². The predicted octanol–water partition coefficient (Wildman–Crippen LogP) is 3.87. The van der Waals surface area contributed by atoms with Gasteiger partial charge in [-0.15, -0.1) is 0 Å². The van der Waals surface area contributed by atoms with Gasteiger partial charge in [-0.3, -0.25) is 14.4 Å². The number of ether oxygens (including phenoxy) is 1. The molecule has 142 valence electrons. The van der Waals surface area contributed by atoms with Gasteiger partial charge < -0.3 is 10.1 Å². The van der Waals surface area contributed by atoms with E-state index in [2.05, 4.69) is 19.2 Å². The van der Waals surface area contributed by atoms with Crippen molar-refractivity contribution in [1.29, 1.82) is 0 Å². The van der Waals surface area contributed by atoms with Crippen LogP contribution in [0.4, 0.5) is 5.69 Å².